The van der Waals surface area contributed by atoms with Crippen LogP contribution in [0.4, 0.5) is 0 Å². The molecule has 0 bridgehead atoms. The Bertz CT molecular complexity index is 212. The Hall–Kier alpha value is -0.540. The highest BCUT2D eigenvalue weighted by Crippen LogP contribution is 2.13. The van der Waals surface area contributed by atoms with Crippen LogP contribution in [0.1, 0.15) is 19.3 Å². The van der Waals surface area contributed by atoms with E-state index in [-0.39, 0.29) is 5.91 Å². The molecule has 80 valence electrons. The van der Waals surface area contributed by atoms with Crippen molar-refractivity contribution in [1.82, 2.24) is 10.6 Å². The van der Waals surface area contributed by atoms with Crippen molar-refractivity contribution in [3.05, 3.63) is 11.6 Å². The number of nitrogens with one attached hydrogen (secondary N) is 2. The van der Waals surface area contributed by atoms with Crippen LogP contribution in [0.2, 0.25) is 0 Å². The van der Waals surface area contributed by atoms with Crippen molar-refractivity contribution < 1.29 is 4.79 Å². The summed E-state index contributed by atoms with van der Waals surface area (Å²) in [4.78, 5) is 11.3. The van der Waals surface area contributed by atoms with Gasteiger partial charge in [-0.2, -0.15) is 0 Å². The maximum absolute atomic E-state index is 11.3. The molecule has 0 aromatic rings. The van der Waals surface area contributed by atoms with Crippen LogP contribution in [-0.4, -0.2) is 25.5 Å². The van der Waals surface area contributed by atoms with Gasteiger partial charge in [-0.15, -0.1) is 0 Å². The smallest absolute Gasteiger partial charge is 0.220 e. The number of amides is 1. The van der Waals surface area contributed by atoms with Gasteiger partial charge in [0.25, 0.3) is 0 Å². The minimum atomic E-state index is 0.0682. The molecular weight excluding hydrogens is 200 g/mol. The van der Waals surface area contributed by atoms with Gasteiger partial charge in [-0.05, 0) is 31.8 Å². The molecule has 1 fully saturated rings. The van der Waals surface area contributed by atoms with Crippen molar-refractivity contribution in [2.75, 3.05) is 19.6 Å². The van der Waals surface area contributed by atoms with E-state index in [1.165, 1.54) is 6.42 Å². The van der Waals surface area contributed by atoms with Gasteiger partial charge in [-0.1, -0.05) is 18.2 Å². The Balaban J connectivity index is 2.05. The molecule has 0 radical (unpaired) electrons. The molecular formula is C10H17ClN2O. The van der Waals surface area contributed by atoms with E-state index in [2.05, 4.69) is 17.2 Å². The summed E-state index contributed by atoms with van der Waals surface area (Å²) in [7, 11) is 0. The first kappa shape index (κ1) is 11.5. The maximum Gasteiger partial charge on any atom is 0.220 e. The van der Waals surface area contributed by atoms with Gasteiger partial charge in [-0.3, -0.25) is 4.79 Å². The van der Waals surface area contributed by atoms with Crippen molar-refractivity contribution in [2.45, 2.75) is 19.3 Å². The fraction of sp³-hybridized carbons (Fsp3) is 0.700. The molecule has 4 heteroatoms. The predicted molar refractivity (Wildman–Crippen MR) is 58.2 cm³/mol. The van der Waals surface area contributed by atoms with Crippen molar-refractivity contribution in [3.8, 4) is 0 Å². The quantitative estimate of drug-likeness (QED) is 0.726. The van der Waals surface area contributed by atoms with Gasteiger partial charge in [0, 0.05) is 11.5 Å². The lowest BCUT2D eigenvalue weighted by Gasteiger charge is -2.07. The molecule has 3 nitrogen and oxygen atoms in total. The summed E-state index contributed by atoms with van der Waals surface area (Å²) in [5.74, 6) is 0.735. The fourth-order valence-electron chi connectivity index (χ4n) is 1.58. The molecule has 0 spiro atoms. The number of halogens is 1. The van der Waals surface area contributed by atoms with E-state index in [9.17, 15) is 4.79 Å². The van der Waals surface area contributed by atoms with E-state index >= 15 is 0 Å². The minimum absolute atomic E-state index is 0.0682. The Morgan fingerprint density at radius 1 is 1.64 bits per heavy atom. The maximum atomic E-state index is 11.3. The average molecular weight is 217 g/mol. The predicted octanol–water partition coefficient (Wildman–Crippen LogP) is 1.24. The highest BCUT2D eigenvalue weighted by Gasteiger charge is 2.15. The lowest BCUT2D eigenvalue weighted by atomic mass is 10.0. The second-order valence-corrected chi connectivity index (χ2v) is 4.23. The summed E-state index contributed by atoms with van der Waals surface area (Å²) >= 11 is 5.53. The normalized spacial score (nSPS) is 20.8. The van der Waals surface area contributed by atoms with E-state index in [1.54, 1.807) is 0 Å². The van der Waals surface area contributed by atoms with E-state index in [4.69, 9.17) is 11.6 Å². The fourth-order valence-corrected chi connectivity index (χ4v) is 1.65. The third-order valence-corrected chi connectivity index (χ3v) is 2.55. The number of carbonyl (C=O) groups excluding carboxylic acids is 1. The Kier molecular flexibility index (Phi) is 4.98. The van der Waals surface area contributed by atoms with Crippen LogP contribution in [-0.2, 0) is 4.79 Å². The first-order chi connectivity index (χ1) is 6.68. The standard InChI is InChI=1S/C10H17ClN2O/c1-8(11)6-13-10(14)3-2-9-4-5-12-7-9/h9,12H,1-7H2,(H,13,14). The summed E-state index contributed by atoms with van der Waals surface area (Å²) < 4.78 is 0. The van der Waals surface area contributed by atoms with Crippen LogP contribution in [0.5, 0.6) is 0 Å². The molecule has 1 aliphatic rings. The molecule has 0 saturated carbocycles. The minimum Gasteiger partial charge on any atom is -0.351 e. The number of hydrogen-bond donors (Lipinski definition) is 2. The van der Waals surface area contributed by atoms with Crippen LogP contribution >= 0.6 is 11.6 Å². The zero-order valence-corrected chi connectivity index (χ0v) is 9.07. The lowest BCUT2D eigenvalue weighted by molar-refractivity contribution is -0.121. The van der Waals surface area contributed by atoms with Gasteiger partial charge in [0.05, 0.1) is 6.54 Å². The van der Waals surface area contributed by atoms with E-state index in [0.29, 0.717) is 23.9 Å². The number of hydrogen-bond acceptors (Lipinski definition) is 2. The second-order valence-electron chi connectivity index (χ2n) is 3.69. The molecule has 1 amide bonds. The Morgan fingerprint density at radius 3 is 3.00 bits per heavy atom. The Labute approximate surface area is 89.9 Å². The number of carbonyl (C=O) groups is 1. The molecule has 0 aromatic heterocycles. The largest absolute Gasteiger partial charge is 0.351 e. The molecule has 0 aromatic carbocycles. The Morgan fingerprint density at radius 2 is 2.43 bits per heavy atom. The van der Waals surface area contributed by atoms with Crippen molar-refractivity contribution in [3.63, 3.8) is 0 Å². The monoisotopic (exact) mass is 216 g/mol. The molecule has 1 heterocycles. The molecule has 0 aliphatic carbocycles. The van der Waals surface area contributed by atoms with Gasteiger partial charge in [0.1, 0.15) is 0 Å². The number of rotatable bonds is 5. The van der Waals surface area contributed by atoms with Crippen LogP contribution < -0.4 is 10.6 Å². The molecule has 1 rings (SSSR count). The lowest BCUT2D eigenvalue weighted by Crippen LogP contribution is -2.25. The first-order valence-corrected chi connectivity index (χ1v) is 5.37. The zero-order valence-electron chi connectivity index (χ0n) is 8.31. The van der Waals surface area contributed by atoms with Gasteiger partial charge in [0.15, 0.2) is 0 Å². The van der Waals surface area contributed by atoms with Gasteiger partial charge < -0.3 is 10.6 Å². The van der Waals surface area contributed by atoms with Gasteiger partial charge >= 0.3 is 0 Å². The van der Waals surface area contributed by atoms with E-state index < -0.39 is 0 Å². The van der Waals surface area contributed by atoms with Crippen LogP contribution in [0.3, 0.4) is 0 Å². The van der Waals surface area contributed by atoms with Crippen LogP contribution in [0.25, 0.3) is 0 Å². The molecule has 1 unspecified atom stereocenters. The third kappa shape index (κ3) is 4.63. The average Bonchev–Trinajstić information content (AvgIpc) is 2.63. The van der Waals surface area contributed by atoms with E-state index in [1.807, 2.05) is 0 Å². The molecule has 14 heavy (non-hydrogen) atoms. The van der Waals surface area contributed by atoms with Gasteiger partial charge in [-0.25, -0.2) is 0 Å². The summed E-state index contributed by atoms with van der Waals surface area (Å²) in [6, 6.07) is 0. The summed E-state index contributed by atoms with van der Waals surface area (Å²) in [6.45, 7) is 6.02. The van der Waals surface area contributed by atoms with Crippen molar-refractivity contribution in [2.24, 2.45) is 5.92 Å². The molecule has 1 aliphatic heterocycles. The summed E-state index contributed by atoms with van der Waals surface area (Å²) in [6.07, 6.45) is 2.75. The molecule has 1 saturated heterocycles. The summed E-state index contributed by atoms with van der Waals surface area (Å²) in [5.41, 5.74) is 0. The van der Waals surface area contributed by atoms with Gasteiger partial charge in [0.2, 0.25) is 5.91 Å². The SMILES string of the molecule is C=C(Cl)CNC(=O)CCC1CCNC1. The van der Waals surface area contributed by atoms with Crippen LogP contribution in [0.15, 0.2) is 11.6 Å². The molecule has 2 N–H and O–H groups in total. The molecule has 1 atom stereocenters. The second kappa shape index (κ2) is 6.04. The topological polar surface area (TPSA) is 41.1 Å². The van der Waals surface area contributed by atoms with E-state index in [0.717, 1.165) is 19.5 Å². The highest BCUT2D eigenvalue weighted by molar-refractivity contribution is 6.29. The zero-order chi connectivity index (χ0) is 10.4. The highest BCUT2D eigenvalue weighted by atomic mass is 35.5. The van der Waals surface area contributed by atoms with Crippen molar-refractivity contribution >= 4 is 17.5 Å². The van der Waals surface area contributed by atoms with Crippen molar-refractivity contribution in [1.29, 1.82) is 0 Å². The first-order valence-electron chi connectivity index (χ1n) is 4.99. The van der Waals surface area contributed by atoms with Crippen LogP contribution in [0, 0.1) is 5.92 Å². The summed E-state index contributed by atoms with van der Waals surface area (Å²) in [5, 5.41) is 6.47. The third-order valence-electron chi connectivity index (χ3n) is 2.42.